The molecule has 12 nitrogen and oxygen atoms in total. The van der Waals surface area contributed by atoms with Crippen molar-refractivity contribution in [2.75, 3.05) is 57.2 Å². The number of aromatic nitrogens is 1. The van der Waals surface area contributed by atoms with E-state index < -0.39 is 11.7 Å². The highest BCUT2D eigenvalue weighted by Crippen LogP contribution is 2.36. The van der Waals surface area contributed by atoms with Crippen molar-refractivity contribution >= 4 is 40.0 Å². The SMILES string of the molecule is CCN1C(=O)CCc2cc(OC)c(CCN3CCC(n4ccc5ccc(C(N)=O)cc54)CC3)cc21.COc1cc2c(cc1CC1COC(C)(C)O1)NC(=O)CC2. The second-order valence-corrected chi connectivity index (χ2v) is 15.6. The molecule has 0 aliphatic carbocycles. The fourth-order valence-electron chi connectivity index (χ4n) is 8.58. The molecule has 4 aromatic rings. The molecule has 0 radical (unpaired) electrons. The zero-order chi connectivity index (χ0) is 39.6. The Balaban J connectivity index is 0.000000195. The van der Waals surface area contributed by atoms with E-state index in [-0.39, 0.29) is 17.9 Å². The van der Waals surface area contributed by atoms with E-state index in [1.807, 2.05) is 49.9 Å². The summed E-state index contributed by atoms with van der Waals surface area (Å²) < 4.78 is 25.0. The predicted molar refractivity (Wildman–Crippen MR) is 217 cm³/mol. The van der Waals surface area contributed by atoms with Gasteiger partial charge in [-0.25, -0.2) is 0 Å². The van der Waals surface area contributed by atoms with E-state index in [1.165, 1.54) is 5.56 Å². The summed E-state index contributed by atoms with van der Waals surface area (Å²) in [5.41, 5.74) is 13.6. The summed E-state index contributed by atoms with van der Waals surface area (Å²) in [5.74, 6) is 1.13. The number of carbonyl (C=O) groups excluding carboxylic acids is 3. The van der Waals surface area contributed by atoms with Crippen LogP contribution in [-0.4, -0.2) is 86.1 Å². The lowest BCUT2D eigenvalue weighted by molar-refractivity contribution is -0.138. The number of methoxy groups -OCH3 is 2. The molecule has 5 heterocycles. The lowest BCUT2D eigenvalue weighted by Crippen LogP contribution is -2.36. The first-order chi connectivity index (χ1) is 26.9. The summed E-state index contributed by atoms with van der Waals surface area (Å²) in [4.78, 5) is 40.0. The summed E-state index contributed by atoms with van der Waals surface area (Å²) in [6, 6.07) is 16.5. The van der Waals surface area contributed by atoms with Crippen LogP contribution >= 0.6 is 0 Å². The fourth-order valence-corrected chi connectivity index (χ4v) is 8.58. The number of hydrogen-bond donors (Lipinski definition) is 2. The number of ether oxygens (including phenoxy) is 4. The van der Waals surface area contributed by atoms with Crippen LogP contribution in [0, 0.1) is 0 Å². The smallest absolute Gasteiger partial charge is 0.248 e. The predicted octanol–water partition coefficient (Wildman–Crippen LogP) is 6.20. The van der Waals surface area contributed by atoms with Crippen molar-refractivity contribution in [3.63, 3.8) is 0 Å². The quantitative estimate of drug-likeness (QED) is 0.195. The maximum atomic E-state index is 12.4. The van der Waals surface area contributed by atoms with Crippen molar-refractivity contribution in [2.24, 2.45) is 5.73 Å². The number of benzene rings is 3. The number of carbonyl (C=O) groups is 3. The van der Waals surface area contributed by atoms with Gasteiger partial charge in [0.25, 0.3) is 0 Å². The Labute approximate surface area is 329 Å². The number of piperidine rings is 1. The molecule has 3 aromatic carbocycles. The third-order valence-corrected chi connectivity index (χ3v) is 11.6. The molecule has 0 bridgehead atoms. The number of anilines is 2. The Morgan fingerprint density at radius 3 is 2.36 bits per heavy atom. The van der Waals surface area contributed by atoms with E-state index in [1.54, 1.807) is 20.3 Å². The molecule has 12 heteroatoms. The number of aryl methyl sites for hydroxylation is 2. The topological polar surface area (TPSA) is 138 Å². The lowest BCUT2D eigenvalue weighted by atomic mass is 9.96. The molecule has 0 saturated carbocycles. The van der Waals surface area contributed by atoms with Crippen molar-refractivity contribution in [1.82, 2.24) is 9.47 Å². The molecule has 8 rings (SSSR count). The molecule has 2 saturated heterocycles. The minimum absolute atomic E-state index is 0.00578. The maximum absolute atomic E-state index is 12.4. The molecule has 1 aromatic heterocycles. The van der Waals surface area contributed by atoms with Crippen molar-refractivity contribution in [2.45, 2.75) is 90.1 Å². The number of nitrogens with one attached hydrogen (secondary N) is 1. The van der Waals surface area contributed by atoms with Gasteiger partial charge in [-0.2, -0.15) is 0 Å². The Kier molecular flexibility index (Phi) is 11.7. The van der Waals surface area contributed by atoms with E-state index in [0.717, 1.165) is 102 Å². The average molecular weight is 766 g/mol. The van der Waals surface area contributed by atoms with Gasteiger partial charge in [-0.15, -0.1) is 0 Å². The van der Waals surface area contributed by atoms with E-state index in [0.29, 0.717) is 44.0 Å². The molecule has 3 amide bonds. The molecule has 56 heavy (non-hydrogen) atoms. The van der Waals surface area contributed by atoms with Gasteiger partial charge in [-0.1, -0.05) is 6.07 Å². The number of primary amides is 1. The zero-order valence-corrected chi connectivity index (χ0v) is 33.3. The molecule has 298 valence electrons. The average Bonchev–Trinajstić information content (AvgIpc) is 3.78. The Morgan fingerprint density at radius 1 is 0.929 bits per heavy atom. The van der Waals surface area contributed by atoms with Gasteiger partial charge < -0.3 is 44.4 Å². The number of nitrogens with two attached hydrogens (primary N) is 1. The normalized spacial score (nSPS) is 19.5. The molecule has 4 aliphatic rings. The second kappa shape index (κ2) is 16.7. The van der Waals surface area contributed by atoms with Gasteiger partial charge in [0.15, 0.2) is 5.79 Å². The molecule has 3 N–H and O–H groups in total. The van der Waals surface area contributed by atoms with E-state index >= 15 is 0 Å². The van der Waals surface area contributed by atoms with Crippen LogP contribution in [0.2, 0.25) is 0 Å². The third-order valence-electron chi connectivity index (χ3n) is 11.6. The monoisotopic (exact) mass is 765 g/mol. The van der Waals surface area contributed by atoms with E-state index in [9.17, 15) is 14.4 Å². The number of hydrogen-bond acceptors (Lipinski definition) is 8. The van der Waals surface area contributed by atoms with Crippen LogP contribution in [0.25, 0.3) is 10.9 Å². The minimum atomic E-state index is -0.527. The summed E-state index contributed by atoms with van der Waals surface area (Å²) >= 11 is 0. The minimum Gasteiger partial charge on any atom is -0.496 e. The standard InChI is InChI=1S/C28H34N4O3.C16H21NO4/c1-3-31-25-16-21(26(35-2)18-20(25)6-7-27(31)33)8-12-30-13-10-23(11-14-30)32-15-9-19-4-5-22(28(29)34)17-24(19)32;1-16(2)20-9-12(21-16)6-11-7-13-10(8-14(11)19-3)4-5-15(18)17-13/h4-5,9,15-18,23H,3,6-8,10-14H2,1-2H3,(H2,29,34);7-8,12H,4-6,9H2,1-3H3,(H,17,18). The van der Waals surface area contributed by atoms with Crippen molar-refractivity contribution in [3.05, 3.63) is 82.5 Å². The van der Waals surface area contributed by atoms with Gasteiger partial charge in [0.05, 0.1) is 26.9 Å². The van der Waals surface area contributed by atoms with Crippen LogP contribution in [0.1, 0.15) is 85.1 Å². The molecular formula is C44H55N5O7. The molecule has 2 fully saturated rings. The van der Waals surface area contributed by atoms with Gasteiger partial charge in [0, 0.05) is 80.1 Å². The van der Waals surface area contributed by atoms with Crippen molar-refractivity contribution in [3.8, 4) is 11.5 Å². The summed E-state index contributed by atoms with van der Waals surface area (Å²) in [6.07, 6.45) is 8.49. The Hall–Kier alpha value is -4.91. The number of nitrogens with zero attached hydrogens (tertiary/aromatic N) is 3. The summed E-state index contributed by atoms with van der Waals surface area (Å²) in [5, 5.41) is 4.06. The number of rotatable bonds is 10. The first kappa shape index (κ1) is 39.3. The van der Waals surface area contributed by atoms with E-state index in [4.69, 9.17) is 24.7 Å². The summed E-state index contributed by atoms with van der Waals surface area (Å²) in [7, 11) is 3.40. The van der Waals surface area contributed by atoms with Crippen LogP contribution in [-0.2, 0) is 44.7 Å². The zero-order valence-electron chi connectivity index (χ0n) is 33.3. The largest absolute Gasteiger partial charge is 0.496 e. The highest BCUT2D eigenvalue weighted by molar-refractivity contribution is 5.98. The summed E-state index contributed by atoms with van der Waals surface area (Å²) in [6.45, 7) is 10.1. The molecule has 0 spiro atoms. The molecule has 1 atom stereocenters. The van der Waals surface area contributed by atoms with Gasteiger partial charge in [-0.3, -0.25) is 14.4 Å². The fraction of sp³-hybridized carbons (Fsp3) is 0.477. The van der Waals surface area contributed by atoms with Crippen molar-refractivity contribution < 1.29 is 33.3 Å². The van der Waals surface area contributed by atoms with Crippen LogP contribution in [0.3, 0.4) is 0 Å². The van der Waals surface area contributed by atoms with Crippen LogP contribution in [0.5, 0.6) is 11.5 Å². The number of amides is 3. The molecule has 4 aliphatic heterocycles. The molecule has 1 unspecified atom stereocenters. The third kappa shape index (κ3) is 8.57. The van der Waals surface area contributed by atoms with Gasteiger partial charge in [-0.05, 0) is 123 Å². The van der Waals surface area contributed by atoms with Crippen LogP contribution < -0.4 is 25.4 Å². The van der Waals surface area contributed by atoms with Gasteiger partial charge >= 0.3 is 0 Å². The second-order valence-electron chi connectivity index (χ2n) is 15.6. The van der Waals surface area contributed by atoms with Gasteiger partial charge in [0.1, 0.15) is 11.5 Å². The number of fused-ring (bicyclic) bond motifs is 3. The first-order valence-electron chi connectivity index (χ1n) is 19.9. The van der Waals surface area contributed by atoms with Gasteiger partial charge in [0.2, 0.25) is 17.7 Å². The molecular weight excluding hydrogens is 711 g/mol. The van der Waals surface area contributed by atoms with Crippen LogP contribution in [0.15, 0.2) is 54.7 Å². The Morgan fingerprint density at radius 2 is 1.66 bits per heavy atom. The highest BCUT2D eigenvalue weighted by Gasteiger charge is 2.33. The van der Waals surface area contributed by atoms with E-state index in [2.05, 4.69) is 39.2 Å². The number of likely N-dealkylation sites (tertiary alicyclic amines) is 1. The van der Waals surface area contributed by atoms with Crippen LogP contribution in [0.4, 0.5) is 11.4 Å². The Bertz CT molecular complexity index is 2100. The van der Waals surface area contributed by atoms with Crippen molar-refractivity contribution in [1.29, 1.82) is 0 Å². The highest BCUT2D eigenvalue weighted by atomic mass is 16.7. The lowest BCUT2D eigenvalue weighted by Gasteiger charge is -2.33. The maximum Gasteiger partial charge on any atom is 0.248 e. The first-order valence-corrected chi connectivity index (χ1v) is 19.9.